The molecule has 2 N–H and O–H groups in total. The van der Waals surface area contributed by atoms with Gasteiger partial charge in [0, 0.05) is 12.6 Å². The largest absolute Gasteiger partial charge is 0.489 e. The van der Waals surface area contributed by atoms with Crippen molar-refractivity contribution >= 4 is 0 Å². The number of hydrogen-bond donors (Lipinski definition) is 1. The van der Waals surface area contributed by atoms with Crippen LogP contribution in [0.15, 0.2) is 42.5 Å². The molecular weight excluding hydrogens is 229 g/mol. The SMILES string of the molecule is Cc1ccc(COc2cc(F)cc(CN)c2)cc1. The average Bonchev–Trinajstić information content (AvgIpc) is 2.37. The van der Waals surface area contributed by atoms with Crippen LogP contribution in [0.3, 0.4) is 0 Å². The molecule has 0 spiro atoms. The number of aryl methyl sites for hydroxylation is 1. The molecule has 0 fully saturated rings. The van der Waals surface area contributed by atoms with Crippen molar-refractivity contribution in [3.8, 4) is 5.75 Å². The molecule has 0 aliphatic carbocycles. The van der Waals surface area contributed by atoms with E-state index in [9.17, 15) is 4.39 Å². The zero-order chi connectivity index (χ0) is 13.0. The van der Waals surface area contributed by atoms with Gasteiger partial charge in [-0.25, -0.2) is 4.39 Å². The van der Waals surface area contributed by atoms with Crippen molar-refractivity contribution in [1.29, 1.82) is 0 Å². The minimum atomic E-state index is -0.322. The van der Waals surface area contributed by atoms with Crippen LogP contribution in [0.25, 0.3) is 0 Å². The van der Waals surface area contributed by atoms with Crippen molar-refractivity contribution < 1.29 is 9.13 Å². The second-order valence-electron chi connectivity index (χ2n) is 4.27. The van der Waals surface area contributed by atoms with Crippen LogP contribution in [0.1, 0.15) is 16.7 Å². The Bertz CT molecular complexity index is 523. The fourth-order valence-electron chi connectivity index (χ4n) is 1.67. The minimum absolute atomic E-state index is 0.304. The molecule has 0 aliphatic heterocycles. The van der Waals surface area contributed by atoms with Crippen LogP contribution < -0.4 is 10.5 Å². The molecule has 0 amide bonds. The molecule has 0 aliphatic rings. The predicted octanol–water partition coefficient (Wildman–Crippen LogP) is 3.17. The summed E-state index contributed by atoms with van der Waals surface area (Å²) < 4.78 is 18.8. The fraction of sp³-hybridized carbons (Fsp3) is 0.200. The Morgan fingerprint density at radius 2 is 1.78 bits per heavy atom. The van der Waals surface area contributed by atoms with E-state index in [2.05, 4.69) is 0 Å². The molecule has 2 rings (SSSR count). The number of hydrogen-bond acceptors (Lipinski definition) is 2. The van der Waals surface area contributed by atoms with Gasteiger partial charge >= 0.3 is 0 Å². The Balaban J connectivity index is 2.05. The molecule has 2 aromatic rings. The van der Waals surface area contributed by atoms with Gasteiger partial charge in [0.25, 0.3) is 0 Å². The van der Waals surface area contributed by atoms with Gasteiger partial charge in [-0.3, -0.25) is 0 Å². The van der Waals surface area contributed by atoms with E-state index in [1.807, 2.05) is 31.2 Å². The van der Waals surface area contributed by atoms with Crippen LogP contribution in [-0.2, 0) is 13.2 Å². The molecular formula is C15H16FNO. The van der Waals surface area contributed by atoms with Crippen molar-refractivity contribution in [2.75, 3.05) is 0 Å². The van der Waals surface area contributed by atoms with E-state index in [1.165, 1.54) is 17.7 Å². The van der Waals surface area contributed by atoms with Gasteiger partial charge in [0.1, 0.15) is 18.2 Å². The Hall–Kier alpha value is -1.87. The van der Waals surface area contributed by atoms with Crippen LogP contribution in [0, 0.1) is 12.7 Å². The number of rotatable bonds is 4. The quantitative estimate of drug-likeness (QED) is 0.898. The van der Waals surface area contributed by atoms with Gasteiger partial charge in [0.15, 0.2) is 0 Å². The summed E-state index contributed by atoms with van der Waals surface area (Å²) in [5, 5.41) is 0. The lowest BCUT2D eigenvalue weighted by Gasteiger charge is -2.08. The Morgan fingerprint density at radius 1 is 1.06 bits per heavy atom. The molecule has 0 unspecified atom stereocenters. The normalized spacial score (nSPS) is 10.4. The van der Waals surface area contributed by atoms with Gasteiger partial charge in [-0.2, -0.15) is 0 Å². The first-order chi connectivity index (χ1) is 8.67. The van der Waals surface area contributed by atoms with E-state index < -0.39 is 0 Å². The number of benzene rings is 2. The fourth-order valence-corrected chi connectivity index (χ4v) is 1.67. The summed E-state index contributed by atoms with van der Waals surface area (Å²) in [5.41, 5.74) is 8.48. The first-order valence-electron chi connectivity index (χ1n) is 5.85. The van der Waals surface area contributed by atoms with E-state index in [0.717, 1.165) is 11.1 Å². The minimum Gasteiger partial charge on any atom is -0.489 e. The molecule has 0 saturated heterocycles. The Kier molecular flexibility index (Phi) is 3.95. The standard InChI is InChI=1S/C15H16FNO/c1-11-2-4-12(5-3-11)10-18-15-7-13(9-17)6-14(16)8-15/h2-8H,9-10,17H2,1H3. The Labute approximate surface area is 106 Å². The average molecular weight is 245 g/mol. The molecule has 0 radical (unpaired) electrons. The monoisotopic (exact) mass is 245 g/mol. The highest BCUT2D eigenvalue weighted by Crippen LogP contribution is 2.17. The molecule has 0 saturated carbocycles. The maximum absolute atomic E-state index is 13.3. The van der Waals surface area contributed by atoms with Gasteiger partial charge < -0.3 is 10.5 Å². The highest BCUT2D eigenvalue weighted by atomic mass is 19.1. The van der Waals surface area contributed by atoms with Crippen LogP contribution in [0.5, 0.6) is 5.75 Å². The first-order valence-corrected chi connectivity index (χ1v) is 5.85. The van der Waals surface area contributed by atoms with Crippen LogP contribution >= 0.6 is 0 Å². The summed E-state index contributed by atoms with van der Waals surface area (Å²) >= 11 is 0. The van der Waals surface area contributed by atoms with Gasteiger partial charge in [-0.1, -0.05) is 29.8 Å². The number of halogens is 1. The molecule has 2 aromatic carbocycles. The summed E-state index contributed by atoms with van der Waals surface area (Å²) in [6.45, 7) is 2.76. The molecule has 2 nitrogen and oxygen atoms in total. The lowest BCUT2D eigenvalue weighted by molar-refractivity contribution is 0.304. The number of ether oxygens (including phenoxy) is 1. The molecule has 94 valence electrons. The summed E-state index contributed by atoms with van der Waals surface area (Å²) in [6, 6.07) is 12.6. The third-order valence-electron chi connectivity index (χ3n) is 2.69. The van der Waals surface area contributed by atoms with E-state index in [4.69, 9.17) is 10.5 Å². The van der Waals surface area contributed by atoms with E-state index >= 15 is 0 Å². The smallest absolute Gasteiger partial charge is 0.127 e. The highest BCUT2D eigenvalue weighted by molar-refractivity contribution is 5.30. The van der Waals surface area contributed by atoms with E-state index in [0.29, 0.717) is 18.9 Å². The van der Waals surface area contributed by atoms with Crippen molar-refractivity contribution in [2.24, 2.45) is 5.73 Å². The van der Waals surface area contributed by atoms with Gasteiger partial charge in [-0.15, -0.1) is 0 Å². The van der Waals surface area contributed by atoms with Crippen molar-refractivity contribution in [1.82, 2.24) is 0 Å². The maximum Gasteiger partial charge on any atom is 0.127 e. The number of nitrogens with two attached hydrogens (primary N) is 1. The Morgan fingerprint density at radius 3 is 2.44 bits per heavy atom. The zero-order valence-electron chi connectivity index (χ0n) is 10.3. The summed E-state index contributed by atoms with van der Waals surface area (Å²) in [6.07, 6.45) is 0. The molecule has 0 aromatic heterocycles. The van der Waals surface area contributed by atoms with Crippen molar-refractivity contribution in [2.45, 2.75) is 20.1 Å². The van der Waals surface area contributed by atoms with Gasteiger partial charge in [0.05, 0.1) is 0 Å². The van der Waals surface area contributed by atoms with Crippen LogP contribution in [0.2, 0.25) is 0 Å². The zero-order valence-corrected chi connectivity index (χ0v) is 10.3. The molecule has 0 atom stereocenters. The molecule has 18 heavy (non-hydrogen) atoms. The molecule has 3 heteroatoms. The lowest BCUT2D eigenvalue weighted by atomic mass is 10.1. The van der Waals surface area contributed by atoms with E-state index in [-0.39, 0.29) is 5.82 Å². The molecule has 0 heterocycles. The van der Waals surface area contributed by atoms with Crippen LogP contribution in [0.4, 0.5) is 4.39 Å². The predicted molar refractivity (Wildman–Crippen MR) is 69.8 cm³/mol. The van der Waals surface area contributed by atoms with Gasteiger partial charge in [-0.05, 0) is 30.2 Å². The first kappa shape index (κ1) is 12.6. The summed E-state index contributed by atoms with van der Waals surface area (Å²) in [5.74, 6) is 0.188. The van der Waals surface area contributed by atoms with Crippen molar-refractivity contribution in [3.63, 3.8) is 0 Å². The van der Waals surface area contributed by atoms with Crippen LogP contribution in [-0.4, -0.2) is 0 Å². The lowest BCUT2D eigenvalue weighted by Crippen LogP contribution is -2.00. The highest BCUT2D eigenvalue weighted by Gasteiger charge is 2.01. The topological polar surface area (TPSA) is 35.2 Å². The van der Waals surface area contributed by atoms with E-state index in [1.54, 1.807) is 6.07 Å². The summed E-state index contributed by atoms with van der Waals surface area (Å²) in [7, 11) is 0. The maximum atomic E-state index is 13.3. The molecule has 0 bridgehead atoms. The summed E-state index contributed by atoms with van der Waals surface area (Å²) in [4.78, 5) is 0. The van der Waals surface area contributed by atoms with Crippen molar-refractivity contribution in [3.05, 3.63) is 65.0 Å². The van der Waals surface area contributed by atoms with Gasteiger partial charge in [0.2, 0.25) is 0 Å². The second-order valence-corrected chi connectivity index (χ2v) is 4.27. The second kappa shape index (κ2) is 5.65. The third-order valence-corrected chi connectivity index (χ3v) is 2.69. The third kappa shape index (κ3) is 3.31.